The molecule has 1 aliphatic rings. The fraction of sp³-hybridized carbons (Fsp3) is 0.333. The highest BCUT2D eigenvalue weighted by Crippen LogP contribution is 2.24. The van der Waals surface area contributed by atoms with Gasteiger partial charge >= 0.3 is 0 Å². The first-order valence-corrected chi connectivity index (χ1v) is 6.61. The Morgan fingerprint density at radius 2 is 1.94 bits per heavy atom. The van der Waals surface area contributed by atoms with Crippen LogP contribution in [0.4, 0.5) is 5.69 Å². The maximum absolute atomic E-state index is 12.2. The summed E-state index contributed by atoms with van der Waals surface area (Å²) in [6.07, 6.45) is 0. The molecule has 1 saturated heterocycles. The summed E-state index contributed by atoms with van der Waals surface area (Å²) < 4.78 is 0.979. The number of nitrogens with zero attached hydrogens (tertiary/aromatic N) is 1. The predicted octanol–water partition coefficient (Wildman–Crippen LogP) is 2.69. The number of anilines is 1. The molecular formula is C12H13BrN2OS. The summed E-state index contributed by atoms with van der Waals surface area (Å²) in [7, 11) is 0. The molecule has 3 nitrogen and oxygen atoms in total. The second-order valence-electron chi connectivity index (χ2n) is 4.32. The van der Waals surface area contributed by atoms with Gasteiger partial charge in [-0.1, -0.05) is 29.8 Å². The van der Waals surface area contributed by atoms with Crippen LogP contribution in [0.2, 0.25) is 0 Å². The Bertz CT molecular complexity index is 458. The van der Waals surface area contributed by atoms with Crippen molar-refractivity contribution in [3.8, 4) is 0 Å². The largest absolute Gasteiger partial charge is 0.350 e. The van der Waals surface area contributed by atoms with E-state index in [1.807, 2.05) is 38.1 Å². The third kappa shape index (κ3) is 2.35. The third-order valence-electron chi connectivity index (χ3n) is 2.72. The Morgan fingerprint density at radius 3 is 2.41 bits per heavy atom. The molecule has 1 fully saturated rings. The number of thiocarbonyl (C=S) groups is 1. The van der Waals surface area contributed by atoms with Crippen LogP contribution in [0, 0.1) is 5.92 Å². The zero-order chi connectivity index (χ0) is 12.6. The van der Waals surface area contributed by atoms with E-state index in [0.29, 0.717) is 5.11 Å². The van der Waals surface area contributed by atoms with E-state index in [1.165, 1.54) is 0 Å². The molecule has 1 atom stereocenters. The Morgan fingerprint density at radius 1 is 1.35 bits per heavy atom. The normalized spacial score (nSPS) is 20.0. The smallest absolute Gasteiger partial charge is 0.256 e. The van der Waals surface area contributed by atoms with Crippen LogP contribution in [0.5, 0.6) is 0 Å². The number of amides is 1. The van der Waals surface area contributed by atoms with Crippen LogP contribution >= 0.6 is 28.1 Å². The van der Waals surface area contributed by atoms with Gasteiger partial charge < -0.3 is 5.32 Å². The fourth-order valence-corrected chi connectivity index (χ4v) is 2.37. The maximum Gasteiger partial charge on any atom is 0.256 e. The summed E-state index contributed by atoms with van der Waals surface area (Å²) in [6, 6.07) is 7.32. The average molecular weight is 313 g/mol. The number of benzene rings is 1. The molecule has 5 heteroatoms. The van der Waals surface area contributed by atoms with Gasteiger partial charge in [-0.2, -0.15) is 0 Å². The van der Waals surface area contributed by atoms with Gasteiger partial charge in [0.15, 0.2) is 5.11 Å². The molecule has 1 unspecified atom stereocenters. The van der Waals surface area contributed by atoms with Crippen molar-refractivity contribution >= 4 is 44.9 Å². The van der Waals surface area contributed by atoms with E-state index < -0.39 is 0 Å². The first kappa shape index (κ1) is 12.5. The van der Waals surface area contributed by atoms with E-state index in [0.717, 1.165) is 10.2 Å². The number of halogens is 1. The summed E-state index contributed by atoms with van der Waals surface area (Å²) in [4.78, 5) is 13.8. The molecular weight excluding hydrogens is 300 g/mol. The molecule has 0 aliphatic carbocycles. The lowest BCUT2D eigenvalue weighted by Crippen LogP contribution is -2.34. The minimum atomic E-state index is -0.217. The number of rotatable bonds is 2. The van der Waals surface area contributed by atoms with Crippen LogP contribution in [0.25, 0.3) is 0 Å². The van der Waals surface area contributed by atoms with Crippen molar-refractivity contribution in [2.45, 2.75) is 19.9 Å². The molecule has 2 rings (SSSR count). The van der Waals surface area contributed by atoms with Crippen LogP contribution in [0.15, 0.2) is 28.7 Å². The zero-order valence-electron chi connectivity index (χ0n) is 9.61. The van der Waals surface area contributed by atoms with Crippen molar-refractivity contribution in [1.29, 1.82) is 0 Å². The van der Waals surface area contributed by atoms with E-state index >= 15 is 0 Å². The molecule has 0 spiro atoms. The van der Waals surface area contributed by atoms with Crippen LogP contribution in [-0.2, 0) is 4.79 Å². The van der Waals surface area contributed by atoms with Crippen LogP contribution in [-0.4, -0.2) is 17.1 Å². The van der Waals surface area contributed by atoms with E-state index in [4.69, 9.17) is 12.2 Å². The van der Waals surface area contributed by atoms with Crippen molar-refractivity contribution in [2.75, 3.05) is 4.90 Å². The Hall–Kier alpha value is -0.940. The van der Waals surface area contributed by atoms with Gasteiger partial charge in [-0.05, 0) is 42.4 Å². The van der Waals surface area contributed by atoms with E-state index in [-0.39, 0.29) is 17.9 Å². The zero-order valence-corrected chi connectivity index (χ0v) is 12.0. The first-order valence-electron chi connectivity index (χ1n) is 5.40. The number of carbonyl (C=O) groups is 1. The SMILES string of the molecule is CC(C)C1NC(=S)N(c2ccc(Br)cc2)C1=O. The van der Waals surface area contributed by atoms with Crippen molar-refractivity contribution < 1.29 is 4.79 Å². The highest BCUT2D eigenvalue weighted by Gasteiger charge is 2.37. The summed E-state index contributed by atoms with van der Waals surface area (Å²) in [5.41, 5.74) is 0.804. The summed E-state index contributed by atoms with van der Waals surface area (Å²) in [6.45, 7) is 4.01. The molecule has 1 aromatic carbocycles. The van der Waals surface area contributed by atoms with Crippen LogP contribution in [0.1, 0.15) is 13.8 Å². The van der Waals surface area contributed by atoms with Crippen molar-refractivity contribution in [3.05, 3.63) is 28.7 Å². The lowest BCUT2D eigenvalue weighted by molar-refractivity contribution is -0.119. The highest BCUT2D eigenvalue weighted by molar-refractivity contribution is 9.10. The fourth-order valence-electron chi connectivity index (χ4n) is 1.78. The van der Waals surface area contributed by atoms with Gasteiger partial charge in [0.05, 0.1) is 5.69 Å². The number of carbonyl (C=O) groups excluding carboxylic acids is 1. The monoisotopic (exact) mass is 312 g/mol. The standard InChI is InChI=1S/C12H13BrN2OS/c1-7(2)10-11(16)15(12(17)14-10)9-5-3-8(13)4-6-9/h3-7,10H,1-2H3,(H,14,17). The predicted molar refractivity (Wildman–Crippen MR) is 76.0 cm³/mol. The molecule has 1 aromatic rings. The summed E-state index contributed by atoms with van der Waals surface area (Å²) in [5, 5.41) is 3.54. The van der Waals surface area contributed by atoms with Gasteiger partial charge in [-0.25, -0.2) is 0 Å². The molecule has 1 amide bonds. The van der Waals surface area contributed by atoms with Crippen molar-refractivity contribution in [2.24, 2.45) is 5.92 Å². The highest BCUT2D eigenvalue weighted by atomic mass is 79.9. The first-order chi connectivity index (χ1) is 8.00. The Balaban J connectivity index is 2.30. The van der Waals surface area contributed by atoms with Gasteiger partial charge in [0.25, 0.3) is 5.91 Å². The van der Waals surface area contributed by atoms with Gasteiger partial charge in [-0.15, -0.1) is 0 Å². The topological polar surface area (TPSA) is 32.3 Å². The molecule has 1 aliphatic heterocycles. The number of hydrogen-bond donors (Lipinski definition) is 1. The number of hydrogen-bond acceptors (Lipinski definition) is 2. The van der Waals surface area contributed by atoms with Crippen molar-refractivity contribution in [3.63, 3.8) is 0 Å². The molecule has 0 saturated carbocycles. The third-order valence-corrected chi connectivity index (χ3v) is 3.55. The molecule has 0 radical (unpaired) electrons. The molecule has 0 bridgehead atoms. The quantitative estimate of drug-likeness (QED) is 0.852. The van der Waals surface area contributed by atoms with Crippen molar-refractivity contribution in [1.82, 2.24) is 5.32 Å². The maximum atomic E-state index is 12.2. The summed E-state index contributed by atoms with van der Waals surface area (Å²) in [5.74, 6) is 0.244. The van der Waals surface area contributed by atoms with Gasteiger partial charge in [0, 0.05) is 4.47 Å². The van der Waals surface area contributed by atoms with Gasteiger partial charge in [0.2, 0.25) is 0 Å². The molecule has 1 heterocycles. The summed E-state index contributed by atoms with van der Waals surface area (Å²) >= 11 is 8.58. The molecule has 1 N–H and O–H groups in total. The molecule has 17 heavy (non-hydrogen) atoms. The molecule has 90 valence electrons. The van der Waals surface area contributed by atoms with E-state index in [1.54, 1.807) is 4.90 Å². The lowest BCUT2D eigenvalue weighted by atomic mass is 10.1. The number of nitrogens with one attached hydrogen (secondary N) is 1. The van der Waals surface area contributed by atoms with Crippen LogP contribution in [0.3, 0.4) is 0 Å². The second kappa shape index (κ2) is 4.74. The van der Waals surface area contributed by atoms with E-state index in [2.05, 4.69) is 21.2 Å². The average Bonchev–Trinajstić information content (AvgIpc) is 2.56. The minimum absolute atomic E-state index is 0.0207. The Kier molecular flexibility index (Phi) is 3.49. The van der Waals surface area contributed by atoms with Gasteiger partial charge in [0.1, 0.15) is 6.04 Å². The van der Waals surface area contributed by atoms with Gasteiger partial charge in [-0.3, -0.25) is 9.69 Å². The lowest BCUT2D eigenvalue weighted by Gasteiger charge is -2.15. The Labute approximate surface area is 114 Å². The second-order valence-corrected chi connectivity index (χ2v) is 5.62. The van der Waals surface area contributed by atoms with E-state index in [9.17, 15) is 4.79 Å². The molecule has 0 aromatic heterocycles. The van der Waals surface area contributed by atoms with Crippen LogP contribution < -0.4 is 10.2 Å². The minimum Gasteiger partial charge on any atom is -0.350 e.